The van der Waals surface area contributed by atoms with E-state index in [0.29, 0.717) is 17.3 Å². The van der Waals surface area contributed by atoms with Crippen molar-refractivity contribution in [3.05, 3.63) is 43.8 Å². The number of amides is 1. The molecular formula is C18H21NO3S2. The Morgan fingerprint density at radius 3 is 3.04 bits per heavy atom. The van der Waals surface area contributed by atoms with Crippen LogP contribution >= 0.6 is 22.7 Å². The van der Waals surface area contributed by atoms with E-state index in [0.717, 1.165) is 17.7 Å². The normalized spacial score (nSPS) is 17.8. The van der Waals surface area contributed by atoms with Crippen molar-refractivity contribution in [2.24, 2.45) is 5.92 Å². The highest BCUT2D eigenvalue weighted by Crippen LogP contribution is 2.32. The number of aryl methyl sites for hydroxylation is 1. The van der Waals surface area contributed by atoms with Crippen LogP contribution in [0.1, 0.15) is 45.3 Å². The fraction of sp³-hybridized carbons (Fsp3) is 0.444. The maximum Gasteiger partial charge on any atom is 0.349 e. The molecule has 0 saturated carbocycles. The van der Waals surface area contributed by atoms with Crippen LogP contribution in [0.15, 0.2) is 23.6 Å². The Hall–Kier alpha value is -1.66. The molecule has 2 heterocycles. The van der Waals surface area contributed by atoms with Gasteiger partial charge in [-0.1, -0.05) is 13.0 Å². The number of nitrogens with one attached hydrogen (secondary N) is 1. The number of carbonyl (C=O) groups is 2. The zero-order valence-corrected chi connectivity index (χ0v) is 15.5. The molecule has 2 aromatic rings. The fourth-order valence-corrected chi connectivity index (χ4v) is 4.55. The van der Waals surface area contributed by atoms with E-state index in [9.17, 15) is 9.59 Å². The summed E-state index contributed by atoms with van der Waals surface area (Å²) in [6, 6.07) is 5.84. The molecular weight excluding hydrogens is 342 g/mol. The molecule has 0 bridgehead atoms. The molecule has 4 nitrogen and oxygen atoms in total. The molecule has 0 unspecified atom stereocenters. The number of carbonyl (C=O) groups excluding carboxylic acids is 2. The summed E-state index contributed by atoms with van der Waals surface area (Å²) in [5, 5.41) is 4.76. The predicted octanol–water partition coefficient (Wildman–Crippen LogP) is 3.80. The zero-order chi connectivity index (χ0) is 17.1. The number of esters is 1. The molecule has 0 fully saturated rings. The molecule has 3 rings (SSSR count). The second kappa shape index (κ2) is 7.49. The third-order valence-electron chi connectivity index (χ3n) is 4.20. The minimum Gasteiger partial charge on any atom is -0.448 e. The van der Waals surface area contributed by atoms with Gasteiger partial charge in [0.1, 0.15) is 4.88 Å². The van der Waals surface area contributed by atoms with Crippen molar-refractivity contribution in [1.82, 2.24) is 5.32 Å². The van der Waals surface area contributed by atoms with E-state index in [4.69, 9.17) is 4.74 Å². The van der Waals surface area contributed by atoms with Gasteiger partial charge in [0.05, 0.1) is 6.54 Å². The lowest BCUT2D eigenvalue weighted by Gasteiger charge is -2.16. The van der Waals surface area contributed by atoms with Gasteiger partial charge >= 0.3 is 5.97 Å². The van der Waals surface area contributed by atoms with E-state index < -0.39 is 12.1 Å². The molecule has 0 aromatic carbocycles. The van der Waals surface area contributed by atoms with Crippen molar-refractivity contribution in [2.75, 3.05) is 0 Å². The van der Waals surface area contributed by atoms with E-state index in [1.54, 1.807) is 18.3 Å². The average molecular weight is 364 g/mol. The molecule has 0 aliphatic heterocycles. The summed E-state index contributed by atoms with van der Waals surface area (Å²) in [6.45, 7) is 4.30. The fourth-order valence-electron chi connectivity index (χ4n) is 2.81. The van der Waals surface area contributed by atoms with Crippen molar-refractivity contribution in [3.8, 4) is 0 Å². The van der Waals surface area contributed by atoms with Gasteiger partial charge in [0.15, 0.2) is 6.10 Å². The maximum atomic E-state index is 12.3. The topological polar surface area (TPSA) is 55.4 Å². The van der Waals surface area contributed by atoms with Crippen LogP contribution in [0.25, 0.3) is 0 Å². The Bertz CT molecular complexity index is 721. The van der Waals surface area contributed by atoms with Gasteiger partial charge in [-0.15, -0.1) is 22.7 Å². The van der Waals surface area contributed by atoms with Gasteiger partial charge in [-0.2, -0.15) is 0 Å². The Balaban J connectivity index is 1.55. The van der Waals surface area contributed by atoms with E-state index in [2.05, 4.69) is 12.2 Å². The first-order chi connectivity index (χ1) is 11.5. The number of thiophene rings is 2. The molecule has 24 heavy (non-hydrogen) atoms. The van der Waals surface area contributed by atoms with Crippen LogP contribution in [-0.4, -0.2) is 18.0 Å². The second-order valence-corrected chi connectivity index (χ2v) is 8.42. The molecule has 0 saturated heterocycles. The summed E-state index contributed by atoms with van der Waals surface area (Å²) in [5.74, 6) is -0.00885. The highest BCUT2D eigenvalue weighted by atomic mass is 32.1. The Morgan fingerprint density at radius 1 is 1.46 bits per heavy atom. The van der Waals surface area contributed by atoms with Gasteiger partial charge in [0.2, 0.25) is 0 Å². The number of hydrogen-bond acceptors (Lipinski definition) is 5. The molecule has 1 N–H and O–H groups in total. The Labute approximate surface area is 149 Å². The Morgan fingerprint density at radius 2 is 2.29 bits per heavy atom. The van der Waals surface area contributed by atoms with Crippen LogP contribution < -0.4 is 5.32 Å². The van der Waals surface area contributed by atoms with E-state index in [-0.39, 0.29) is 5.91 Å². The van der Waals surface area contributed by atoms with Gasteiger partial charge in [-0.3, -0.25) is 4.79 Å². The van der Waals surface area contributed by atoms with Gasteiger partial charge in [0.25, 0.3) is 5.91 Å². The maximum absolute atomic E-state index is 12.3. The lowest BCUT2D eigenvalue weighted by molar-refractivity contribution is -0.129. The van der Waals surface area contributed by atoms with E-state index in [1.165, 1.54) is 28.2 Å². The monoisotopic (exact) mass is 363 g/mol. The summed E-state index contributed by atoms with van der Waals surface area (Å²) in [4.78, 5) is 27.3. The number of fused-ring (bicyclic) bond motifs is 1. The van der Waals surface area contributed by atoms with Crippen molar-refractivity contribution in [3.63, 3.8) is 0 Å². The van der Waals surface area contributed by atoms with Gasteiger partial charge in [-0.25, -0.2) is 4.79 Å². The van der Waals surface area contributed by atoms with Crippen LogP contribution in [0.2, 0.25) is 0 Å². The quantitative estimate of drug-likeness (QED) is 0.822. The molecule has 6 heteroatoms. The minimum atomic E-state index is -0.796. The van der Waals surface area contributed by atoms with Crippen LogP contribution in [0, 0.1) is 5.92 Å². The van der Waals surface area contributed by atoms with E-state index >= 15 is 0 Å². The first-order valence-corrected chi connectivity index (χ1v) is 9.85. The first-order valence-electron chi connectivity index (χ1n) is 8.15. The standard InChI is InChI=1S/C18H21NO3S2/c1-11-5-6-15-13(8-11)9-16(24-15)18(21)22-12(2)17(20)19-10-14-4-3-7-23-14/h3-4,7,9,11-12H,5-6,8,10H2,1-2H3,(H,19,20)/t11-,12-/m0/s1. The number of hydrogen-bond donors (Lipinski definition) is 1. The highest BCUT2D eigenvalue weighted by molar-refractivity contribution is 7.14. The summed E-state index contributed by atoms with van der Waals surface area (Å²) in [5.41, 5.74) is 1.26. The van der Waals surface area contributed by atoms with Gasteiger partial charge in [0, 0.05) is 9.75 Å². The number of rotatable bonds is 5. The van der Waals surface area contributed by atoms with Crippen molar-refractivity contribution >= 4 is 34.6 Å². The molecule has 0 spiro atoms. The zero-order valence-electron chi connectivity index (χ0n) is 13.8. The van der Waals surface area contributed by atoms with Crippen LogP contribution in [0.5, 0.6) is 0 Å². The van der Waals surface area contributed by atoms with Crippen LogP contribution in [0.4, 0.5) is 0 Å². The smallest absolute Gasteiger partial charge is 0.349 e. The summed E-state index contributed by atoms with van der Waals surface area (Å²) in [7, 11) is 0. The molecule has 2 aromatic heterocycles. The lowest BCUT2D eigenvalue weighted by atomic mass is 9.90. The second-order valence-electron chi connectivity index (χ2n) is 6.25. The third kappa shape index (κ3) is 4.05. The van der Waals surface area contributed by atoms with Gasteiger partial charge in [-0.05, 0) is 55.2 Å². The van der Waals surface area contributed by atoms with Crippen molar-refractivity contribution in [1.29, 1.82) is 0 Å². The summed E-state index contributed by atoms with van der Waals surface area (Å²) < 4.78 is 5.34. The third-order valence-corrected chi connectivity index (χ3v) is 6.29. The molecule has 2 atom stereocenters. The van der Waals surface area contributed by atoms with Crippen molar-refractivity contribution < 1.29 is 14.3 Å². The number of ether oxygens (including phenoxy) is 1. The van der Waals surface area contributed by atoms with E-state index in [1.807, 2.05) is 23.6 Å². The SMILES string of the molecule is C[C@H]1CCc2sc(C(=O)O[C@@H](C)C(=O)NCc3cccs3)cc2C1. The average Bonchev–Trinajstić information content (AvgIpc) is 3.21. The van der Waals surface area contributed by atoms with Crippen LogP contribution in [0.3, 0.4) is 0 Å². The first kappa shape index (κ1) is 17.2. The largest absolute Gasteiger partial charge is 0.448 e. The molecule has 1 aliphatic carbocycles. The molecule has 128 valence electrons. The summed E-state index contributed by atoms with van der Waals surface area (Å²) in [6.07, 6.45) is 2.43. The lowest BCUT2D eigenvalue weighted by Crippen LogP contribution is -2.35. The van der Waals surface area contributed by atoms with Crippen LogP contribution in [-0.2, 0) is 28.9 Å². The molecule has 1 aliphatic rings. The van der Waals surface area contributed by atoms with Gasteiger partial charge < -0.3 is 10.1 Å². The minimum absolute atomic E-state index is 0.272. The Kier molecular flexibility index (Phi) is 5.36. The molecule has 1 amide bonds. The molecule has 0 radical (unpaired) electrons. The summed E-state index contributed by atoms with van der Waals surface area (Å²) >= 11 is 3.09. The highest BCUT2D eigenvalue weighted by Gasteiger charge is 2.24. The predicted molar refractivity (Wildman–Crippen MR) is 96.6 cm³/mol. The van der Waals surface area contributed by atoms with Crippen molar-refractivity contribution in [2.45, 2.75) is 45.8 Å².